The van der Waals surface area contributed by atoms with Crippen LogP contribution in [0.1, 0.15) is 21.5 Å². The van der Waals surface area contributed by atoms with Crippen molar-refractivity contribution in [2.45, 2.75) is 13.1 Å². The SMILES string of the molecule is Cc1ccccc1Nc1ncc(-c2ccn[nH]2)cc1NC(=O)c1cc(F)cc(C(F)(F)F)c1. The number of alkyl halides is 3. The highest BCUT2D eigenvalue weighted by Gasteiger charge is 2.32. The van der Waals surface area contributed by atoms with Gasteiger partial charge in [0.25, 0.3) is 5.91 Å². The van der Waals surface area contributed by atoms with Crippen LogP contribution in [-0.2, 0) is 6.18 Å². The zero-order chi connectivity index (χ0) is 23.6. The van der Waals surface area contributed by atoms with E-state index in [1.165, 1.54) is 0 Å². The quantitative estimate of drug-likeness (QED) is 0.326. The number of rotatable bonds is 5. The second kappa shape index (κ2) is 8.73. The molecule has 33 heavy (non-hydrogen) atoms. The lowest BCUT2D eigenvalue weighted by atomic mass is 10.1. The van der Waals surface area contributed by atoms with Gasteiger partial charge >= 0.3 is 6.18 Å². The number of aryl methyl sites for hydroxylation is 1. The van der Waals surface area contributed by atoms with Crippen molar-refractivity contribution in [1.29, 1.82) is 0 Å². The van der Waals surface area contributed by atoms with Gasteiger partial charge in [-0.25, -0.2) is 9.37 Å². The standard InChI is InChI=1S/C23H17F4N5O/c1-13-4-2-3-5-18(13)30-21-20(10-15(12-28-21)19-6-7-29-32-19)31-22(33)14-8-16(23(25,26)27)11-17(24)9-14/h2-12H,1H3,(H,28,30)(H,29,32)(H,31,33). The van der Waals surface area contributed by atoms with E-state index in [0.29, 0.717) is 23.4 Å². The summed E-state index contributed by atoms with van der Waals surface area (Å²) in [6.45, 7) is 1.88. The molecule has 168 valence electrons. The van der Waals surface area contributed by atoms with E-state index in [1.807, 2.05) is 31.2 Å². The number of hydrogen-bond donors (Lipinski definition) is 3. The number of aromatic amines is 1. The van der Waals surface area contributed by atoms with Crippen molar-refractivity contribution < 1.29 is 22.4 Å². The van der Waals surface area contributed by atoms with Crippen LogP contribution in [0.25, 0.3) is 11.3 Å². The van der Waals surface area contributed by atoms with E-state index in [0.717, 1.165) is 17.3 Å². The third-order valence-electron chi connectivity index (χ3n) is 4.83. The average Bonchev–Trinajstić information content (AvgIpc) is 3.30. The molecule has 10 heteroatoms. The molecule has 2 heterocycles. The Labute approximate surface area is 185 Å². The number of amides is 1. The van der Waals surface area contributed by atoms with E-state index in [2.05, 4.69) is 25.8 Å². The molecule has 0 fully saturated rings. The van der Waals surface area contributed by atoms with Crippen molar-refractivity contribution >= 4 is 23.1 Å². The highest BCUT2D eigenvalue weighted by Crippen LogP contribution is 2.32. The Morgan fingerprint density at radius 1 is 1.03 bits per heavy atom. The molecule has 6 nitrogen and oxygen atoms in total. The number of H-pyrrole nitrogens is 1. The molecule has 2 aromatic carbocycles. The van der Waals surface area contributed by atoms with Crippen LogP contribution in [0.3, 0.4) is 0 Å². The second-order valence-electron chi connectivity index (χ2n) is 7.21. The summed E-state index contributed by atoms with van der Waals surface area (Å²) in [6.07, 6.45) is -1.71. The molecule has 0 aliphatic rings. The molecular formula is C23H17F4N5O. The summed E-state index contributed by atoms with van der Waals surface area (Å²) in [5.74, 6) is -1.83. The van der Waals surface area contributed by atoms with Crippen molar-refractivity contribution in [3.8, 4) is 11.3 Å². The molecule has 0 aliphatic heterocycles. The van der Waals surface area contributed by atoms with E-state index in [-0.39, 0.29) is 11.5 Å². The van der Waals surface area contributed by atoms with Crippen molar-refractivity contribution in [1.82, 2.24) is 15.2 Å². The van der Waals surface area contributed by atoms with Crippen molar-refractivity contribution in [2.75, 3.05) is 10.6 Å². The number of halogens is 4. The van der Waals surface area contributed by atoms with Crippen LogP contribution in [0, 0.1) is 12.7 Å². The zero-order valence-corrected chi connectivity index (χ0v) is 17.2. The monoisotopic (exact) mass is 455 g/mol. The predicted octanol–water partition coefficient (Wildman–Crippen LogP) is 5.93. The average molecular weight is 455 g/mol. The lowest BCUT2D eigenvalue weighted by molar-refractivity contribution is -0.137. The summed E-state index contributed by atoms with van der Waals surface area (Å²) in [5.41, 5.74) is 1.28. The highest BCUT2D eigenvalue weighted by atomic mass is 19.4. The van der Waals surface area contributed by atoms with E-state index in [4.69, 9.17) is 0 Å². The van der Waals surface area contributed by atoms with Crippen molar-refractivity contribution in [3.05, 3.63) is 89.5 Å². The third-order valence-corrected chi connectivity index (χ3v) is 4.83. The van der Waals surface area contributed by atoms with Gasteiger partial charge in [-0.05, 0) is 48.9 Å². The van der Waals surface area contributed by atoms with E-state index in [9.17, 15) is 22.4 Å². The Bertz CT molecular complexity index is 1300. The molecule has 4 rings (SSSR count). The molecule has 3 N–H and O–H groups in total. The topological polar surface area (TPSA) is 82.7 Å². The number of carbonyl (C=O) groups is 1. The second-order valence-corrected chi connectivity index (χ2v) is 7.21. The lowest BCUT2D eigenvalue weighted by Crippen LogP contribution is -2.16. The van der Waals surface area contributed by atoms with E-state index < -0.39 is 29.0 Å². The first-order chi connectivity index (χ1) is 15.7. The Morgan fingerprint density at radius 2 is 1.82 bits per heavy atom. The summed E-state index contributed by atoms with van der Waals surface area (Å²) in [7, 11) is 0. The Kier molecular flexibility index (Phi) is 5.82. The fraction of sp³-hybridized carbons (Fsp3) is 0.0870. The largest absolute Gasteiger partial charge is 0.416 e. The summed E-state index contributed by atoms with van der Waals surface area (Å²) >= 11 is 0. The van der Waals surface area contributed by atoms with Gasteiger partial charge < -0.3 is 10.6 Å². The first-order valence-electron chi connectivity index (χ1n) is 9.72. The summed E-state index contributed by atoms with van der Waals surface area (Å²) in [6, 6.07) is 12.3. The Balaban J connectivity index is 1.72. The van der Waals surface area contributed by atoms with Gasteiger partial charge in [0, 0.05) is 29.2 Å². The van der Waals surface area contributed by atoms with Crippen LogP contribution < -0.4 is 10.6 Å². The number of nitrogens with one attached hydrogen (secondary N) is 3. The molecule has 0 saturated heterocycles. The van der Waals surface area contributed by atoms with Gasteiger partial charge in [-0.15, -0.1) is 0 Å². The molecule has 0 aliphatic carbocycles. The first-order valence-corrected chi connectivity index (χ1v) is 9.72. The van der Waals surface area contributed by atoms with Crippen LogP contribution in [0.15, 0.2) is 67.0 Å². The van der Waals surface area contributed by atoms with Gasteiger partial charge in [0.1, 0.15) is 5.82 Å². The molecule has 0 spiro atoms. The third kappa shape index (κ3) is 5.00. The van der Waals surface area contributed by atoms with Crippen LogP contribution >= 0.6 is 0 Å². The number of pyridine rings is 1. The van der Waals surface area contributed by atoms with Gasteiger partial charge in [0.15, 0.2) is 5.82 Å². The fourth-order valence-electron chi connectivity index (χ4n) is 3.14. The summed E-state index contributed by atoms with van der Waals surface area (Å²) < 4.78 is 53.0. The molecule has 0 radical (unpaired) electrons. The number of benzene rings is 2. The Morgan fingerprint density at radius 3 is 2.52 bits per heavy atom. The van der Waals surface area contributed by atoms with Crippen LogP contribution in [0.2, 0.25) is 0 Å². The van der Waals surface area contributed by atoms with Crippen LogP contribution in [0.5, 0.6) is 0 Å². The normalized spacial score (nSPS) is 11.3. The fourth-order valence-corrected chi connectivity index (χ4v) is 3.14. The number of nitrogens with zero attached hydrogens (tertiary/aromatic N) is 2. The zero-order valence-electron chi connectivity index (χ0n) is 17.2. The lowest BCUT2D eigenvalue weighted by Gasteiger charge is -2.15. The number of carbonyl (C=O) groups excluding carboxylic acids is 1. The number of anilines is 3. The summed E-state index contributed by atoms with van der Waals surface area (Å²) in [4.78, 5) is 17.2. The molecule has 0 bridgehead atoms. The van der Waals surface area contributed by atoms with Crippen LogP contribution in [-0.4, -0.2) is 21.1 Å². The van der Waals surface area contributed by atoms with Gasteiger partial charge in [-0.3, -0.25) is 9.89 Å². The number of hydrogen-bond acceptors (Lipinski definition) is 4. The molecule has 0 unspecified atom stereocenters. The smallest absolute Gasteiger partial charge is 0.338 e. The van der Waals surface area contributed by atoms with Crippen molar-refractivity contribution in [2.24, 2.45) is 0 Å². The maximum absolute atomic E-state index is 13.8. The van der Waals surface area contributed by atoms with E-state index in [1.54, 1.807) is 24.5 Å². The minimum Gasteiger partial charge on any atom is -0.338 e. The maximum Gasteiger partial charge on any atom is 0.416 e. The van der Waals surface area contributed by atoms with E-state index >= 15 is 0 Å². The van der Waals surface area contributed by atoms with Crippen LogP contribution in [0.4, 0.5) is 34.8 Å². The minimum absolute atomic E-state index is 0.188. The number of aromatic nitrogens is 3. The van der Waals surface area contributed by atoms with Gasteiger partial charge in [0.2, 0.25) is 0 Å². The predicted molar refractivity (Wildman–Crippen MR) is 116 cm³/mol. The number of para-hydroxylation sites is 1. The summed E-state index contributed by atoms with van der Waals surface area (Å²) in [5, 5.41) is 12.3. The minimum atomic E-state index is -4.79. The van der Waals surface area contributed by atoms with Gasteiger partial charge in [-0.2, -0.15) is 18.3 Å². The van der Waals surface area contributed by atoms with Gasteiger partial charge in [-0.1, -0.05) is 18.2 Å². The van der Waals surface area contributed by atoms with Crippen molar-refractivity contribution in [3.63, 3.8) is 0 Å². The highest BCUT2D eigenvalue weighted by molar-refractivity contribution is 6.06. The molecule has 2 aromatic heterocycles. The molecule has 4 aromatic rings. The molecule has 1 amide bonds. The first kappa shape index (κ1) is 22.0. The van der Waals surface area contributed by atoms with Gasteiger partial charge in [0.05, 0.1) is 16.9 Å². The Hall–Kier alpha value is -4.21. The molecule has 0 saturated carbocycles. The molecule has 0 atom stereocenters. The molecular weight excluding hydrogens is 438 g/mol. The maximum atomic E-state index is 13.8.